The van der Waals surface area contributed by atoms with Gasteiger partial charge in [-0.1, -0.05) is 23.5 Å². The fourth-order valence-corrected chi connectivity index (χ4v) is 5.00. The van der Waals surface area contributed by atoms with Gasteiger partial charge in [0.05, 0.1) is 32.1 Å². The maximum absolute atomic E-state index is 6.60. The third-order valence-electron chi connectivity index (χ3n) is 5.94. The molecule has 180 valence electrons. The first-order chi connectivity index (χ1) is 16.9. The Morgan fingerprint density at radius 1 is 1.09 bits per heavy atom. The number of halogens is 2. The van der Waals surface area contributed by atoms with E-state index in [1.807, 2.05) is 31.5 Å². The lowest BCUT2D eigenvalue weighted by molar-refractivity contribution is 0.313. The van der Waals surface area contributed by atoms with Gasteiger partial charge in [-0.15, -0.1) is 0 Å². The number of anilines is 5. The molecule has 11 heteroatoms. The summed E-state index contributed by atoms with van der Waals surface area (Å²) in [5.74, 6) is 1.07. The van der Waals surface area contributed by atoms with Crippen LogP contribution >= 0.6 is 39.5 Å². The minimum atomic E-state index is 0.446. The first kappa shape index (κ1) is 24.1. The fraction of sp³-hybridized carbons (Fsp3) is 0.250. The van der Waals surface area contributed by atoms with Crippen LogP contribution in [-0.4, -0.2) is 51.7 Å². The van der Waals surface area contributed by atoms with Crippen LogP contribution in [0, 0.1) is 0 Å². The third-order valence-corrected chi connectivity index (χ3v) is 7.56. The Kier molecular flexibility index (Phi) is 6.97. The lowest BCUT2D eigenvalue weighted by atomic mass is 9.99. The summed E-state index contributed by atoms with van der Waals surface area (Å²) < 4.78 is 2.79. The molecule has 0 aliphatic carbocycles. The van der Waals surface area contributed by atoms with Gasteiger partial charge in [-0.3, -0.25) is 9.97 Å². The highest BCUT2D eigenvalue weighted by Gasteiger charge is 2.18. The first-order valence-corrected chi connectivity index (χ1v) is 13.4. The Hall–Kier alpha value is -2.66. The molecule has 2 N–H and O–H groups in total. The number of nitrogens with zero attached hydrogens (tertiary/aromatic N) is 6. The Labute approximate surface area is 221 Å². The van der Waals surface area contributed by atoms with Crippen LogP contribution in [0.1, 0.15) is 11.1 Å². The summed E-state index contributed by atoms with van der Waals surface area (Å²) in [6.45, 7) is 1.93. The normalized spacial score (nSPS) is 13.5. The van der Waals surface area contributed by atoms with Gasteiger partial charge in [0.25, 0.3) is 0 Å². The van der Waals surface area contributed by atoms with Crippen LogP contribution in [0.4, 0.5) is 28.8 Å². The molecule has 0 unspecified atom stereocenters. The van der Waals surface area contributed by atoms with Gasteiger partial charge < -0.3 is 19.8 Å². The predicted octanol–water partition coefficient (Wildman–Crippen LogP) is 6.03. The molecule has 2 aromatic heterocycles. The number of hydrogen-bond donors (Lipinski definition) is 2. The molecule has 0 spiro atoms. The van der Waals surface area contributed by atoms with Gasteiger partial charge in [-0.25, -0.2) is 4.98 Å². The number of hydrogen-bond acceptors (Lipinski definition) is 9. The van der Waals surface area contributed by atoms with E-state index in [1.165, 1.54) is 11.1 Å². The van der Waals surface area contributed by atoms with Crippen molar-refractivity contribution in [2.24, 2.45) is 0 Å². The lowest BCUT2D eigenvalue weighted by Crippen LogP contribution is -2.26. The molecular formula is C24H24BrClN8S. The smallest absolute Gasteiger partial charge is 0.229 e. The van der Waals surface area contributed by atoms with E-state index in [1.54, 1.807) is 30.5 Å². The van der Waals surface area contributed by atoms with Crippen molar-refractivity contribution in [1.29, 1.82) is 0 Å². The summed E-state index contributed by atoms with van der Waals surface area (Å²) in [6.07, 6.45) is 8.13. The van der Waals surface area contributed by atoms with Crippen LogP contribution in [-0.2, 0) is 13.0 Å². The standard InChI is InChI=1S/C24H24BrClN8S/c1-33-9-6-14-10-17(26)20(11-15(14)13-33)31-24-29-12-16(25)23(32-24)30-19-5-4-18-21(28-8-7-27-18)22(19)34(2)35-3/h4-5,7-8,10-12H,6,9,13H2,1-3H3,(H2,29,30,31,32). The van der Waals surface area contributed by atoms with Gasteiger partial charge in [0, 0.05) is 45.0 Å². The zero-order chi connectivity index (χ0) is 24.5. The van der Waals surface area contributed by atoms with Crippen molar-refractivity contribution in [2.45, 2.75) is 13.0 Å². The van der Waals surface area contributed by atoms with Crippen LogP contribution in [0.5, 0.6) is 0 Å². The van der Waals surface area contributed by atoms with Crippen LogP contribution in [0.2, 0.25) is 5.02 Å². The molecule has 0 atom stereocenters. The number of aromatic nitrogens is 4. The van der Waals surface area contributed by atoms with Crippen molar-refractivity contribution in [3.63, 3.8) is 0 Å². The lowest BCUT2D eigenvalue weighted by Gasteiger charge is -2.26. The molecule has 5 rings (SSSR count). The highest BCUT2D eigenvalue weighted by Crippen LogP contribution is 2.38. The highest BCUT2D eigenvalue weighted by atomic mass is 79.9. The second-order valence-electron chi connectivity index (χ2n) is 8.29. The molecule has 2 aromatic carbocycles. The molecule has 0 saturated heterocycles. The van der Waals surface area contributed by atoms with Gasteiger partial charge in [-0.05, 0) is 64.8 Å². The number of benzene rings is 2. The van der Waals surface area contributed by atoms with E-state index < -0.39 is 0 Å². The molecule has 1 aliphatic rings. The van der Waals surface area contributed by atoms with Crippen molar-refractivity contribution in [3.05, 3.63) is 63.5 Å². The van der Waals surface area contributed by atoms with E-state index in [-0.39, 0.29) is 0 Å². The molecule has 3 heterocycles. The Morgan fingerprint density at radius 3 is 2.74 bits per heavy atom. The summed E-state index contributed by atoms with van der Waals surface area (Å²) in [5.41, 5.74) is 6.76. The van der Waals surface area contributed by atoms with Crippen molar-refractivity contribution < 1.29 is 0 Å². The Bertz CT molecular complexity index is 1400. The average molecular weight is 572 g/mol. The monoisotopic (exact) mass is 570 g/mol. The van der Waals surface area contributed by atoms with E-state index in [0.717, 1.165) is 52.1 Å². The fourth-order valence-electron chi connectivity index (χ4n) is 4.11. The molecule has 35 heavy (non-hydrogen) atoms. The van der Waals surface area contributed by atoms with Crippen molar-refractivity contribution in [3.8, 4) is 0 Å². The average Bonchev–Trinajstić information content (AvgIpc) is 2.86. The summed E-state index contributed by atoms with van der Waals surface area (Å²) in [7, 11) is 4.12. The van der Waals surface area contributed by atoms with E-state index in [0.29, 0.717) is 16.8 Å². The quantitative estimate of drug-likeness (QED) is 0.270. The highest BCUT2D eigenvalue weighted by molar-refractivity contribution is 9.10. The summed E-state index contributed by atoms with van der Waals surface area (Å²) >= 11 is 11.8. The number of rotatable bonds is 6. The molecule has 8 nitrogen and oxygen atoms in total. The van der Waals surface area contributed by atoms with Crippen LogP contribution in [0.3, 0.4) is 0 Å². The van der Waals surface area contributed by atoms with Crippen molar-refractivity contribution >= 4 is 79.3 Å². The van der Waals surface area contributed by atoms with Gasteiger partial charge in [0.1, 0.15) is 11.3 Å². The predicted molar refractivity (Wildman–Crippen MR) is 149 cm³/mol. The van der Waals surface area contributed by atoms with Gasteiger partial charge in [-0.2, -0.15) is 4.98 Å². The molecule has 4 aromatic rings. The zero-order valence-corrected chi connectivity index (χ0v) is 22.7. The van der Waals surface area contributed by atoms with E-state index in [2.05, 4.69) is 63.8 Å². The molecule has 1 aliphatic heterocycles. The van der Waals surface area contributed by atoms with Crippen LogP contribution in [0.25, 0.3) is 11.0 Å². The Balaban J connectivity index is 1.48. The van der Waals surface area contributed by atoms with Crippen LogP contribution < -0.4 is 14.9 Å². The van der Waals surface area contributed by atoms with Crippen molar-refractivity contribution in [1.82, 2.24) is 24.8 Å². The zero-order valence-electron chi connectivity index (χ0n) is 19.5. The Morgan fingerprint density at radius 2 is 1.91 bits per heavy atom. The summed E-state index contributed by atoms with van der Waals surface area (Å²) in [6, 6.07) is 8.07. The van der Waals surface area contributed by atoms with Gasteiger partial charge in [0.15, 0.2) is 0 Å². The van der Waals surface area contributed by atoms with Crippen molar-refractivity contribution in [2.75, 3.05) is 41.8 Å². The third kappa shape index (κ3) is 5.02. The number of nitrogens with one attached hydrogen (secondary N) is 2. The molecular weight excluding hydrogens is 548 g/mol. The molecule has 0 fully saturated rings. The number of fused-ring (bicyclic) bond motifs is 2. The largest absolute Gasteiger partial charge is 0.337 e. The van der Waals surface area contributed by atoms with Gasteiger partial charge >= 0.3 is 0 Å². The molecule has 0 bridgehead atoms. The summed E-state index contributed by atoms with van der Waals surface area (Å²) in [4.78, 5) is 20.5. The molecule has 0 saturated carbocycles. The molecule has 0 radical (unpaired) electrons. The second-order valence-corrected chi connectivity index (χ2v) is 10.5. The maximum Gasteiger partial charge on any atom is 0.229 e. The maximum atomic E-state index is 6.60. The minimum absolute atomic E-state index is 0.446. The van der Waals surface area contributed by atoms with E-state index in [4.69, 9.17) is 16.6 Å². The SMILES string of the molecule is CSN(C)c1c(Nc2nc(Nc3cc4c(cc3Cl)CCN(C)C4)ncc2Br)ccc2nccnc12. The van der Waals surface area contributed by atoms with E-state index >= 15 is 0 Å². The first-order valence-electron chi connectivity index (χ1n) is 11.0. The minimum Gasteiger partial charge on any atom is -0.337 e. The second kappa shape index (κ2) is 10.1. The van der Waals surface area contributed by atoms with Gasteiger partial charge in [0.2, 0.25) is 5.95 Å². The van der Waals surface area contributed by atoms with Crippen LogP contribution in [0.15, 0.2) is 47.3 Å². The van der Waals surface area contributed by atoms with E-state index in [9.17, 15) is 0 Å². The topological polar surface area (TPSA) is 82.1 Å². The molecule has 0 amide bonds. The number of likely N-dealkylation sites (N-methyl/N-ethyl adjacent to an activating group) is 1. The summed E-state index contributed by atoms with van der Waals surface area (Å²) in [5, 5.41) is 7.40.